The zero-order valence-electron chi connectivity index (χ0n) is 14.3. The molecule has 1 amide bonds. The number of amides is 1. The van der Waals surface area contributed by atoms with Crippen LogP contribution >= 0.6 is 23.2 Å². The molecule has 0 radical (unpaired) electrons. The molecule has 0 spiro atoms. The molecule has 1 aromatic heterocycles. The smallest absolute Gasteiger partial charge is 0.410 e. The van der Waals surface area contributed by atoms with Crippen molar-refractivity contribution >= 4 is 29.3 Å². The summed E-state index contributed by atoms with van der Waals surface area (Å²) in [5.41, 5.74) is 0.0732. The molecule has 2 aromatic rings. The second-order valence-corrected chi connectivity index (χ2v) is 7.76. The number of carbonyl (C=O) groups excluding carboxylic acids is 1. The molecule has 2 heterocycles. The normalized spacial score (nSPS) is 17.8. The summed E-state index contributed by atoms with van der Waals surface area (Å²) in [5.74, 6) is 0.747. The monoisotopic (exact) mass is 383 g/mol. The summed E-state index contributed by atoms with van der Waals surface area (Å²) in [6.45, 7) is 6.11. The van der Waals surface area contributed by atoms with E-state index < -0.39 is 5.60 Å². The molecule has 1 saturated heterocycles. The fraction of sp³-hybridized carbons (Fsp3) is 0.471. The van der Waals surface area contributed by atoms with Crippen LogP contribution in [-0.4, -0.2) is 33.3 Å². The van der Waals surface area contributed by atoms with E-state index in [1.807, 2.05) is 20.8 Å². The third-order valence-corrected chi connectivity index (χ3v) is 4.33. The van der Waals surface area contributed by atoms with Gasteiger partial charge in [0.25, 0.3) is 0 Å². The van der Waals surface area contributed by atoms with Gasteiger partial charge in [-0.05, 0) is 51.8 Å². The summed E-state index contributed by atoms with van der Waals surface area (Å²) >= 11 is 12.1. The zero-order valence-corrected chi connectivity index (χ0v) is 15.8. The Bertz CT molecular complexity index is 786. The zero-order chi connectivity index (χ0) is 18.2. The number of likely N-dealkylation sites (tertiary alicyclic amines) is 1. The van der Waals surface area contributed by atoms with Gasteiger partial charge in [-0.2, -0.15) is 4.98 Å². The lowest BCUT2D eigenvalue weighted by Crippen LogP contribution is -2.36. The van der Waals surface area contributed by atoms with Crippen molar-refractivity contribution in [2.75, 3.05) is 6.54 Å². The minimum atomic E-state index is -0.555. The highest BCUT2D eigenvalue weighted by Gasteiger charge is 2.36. The first-order chi connectivity index (χ1) is 11.7. The van der Waals surface area contributed by atoms with Crippen LogP contribution in [0.1, 0.15) is 45.5 Å². The number of ether oxygens (including phenoxy) is 1. The molecular weight excluding hydrogens is 365 g/mol. The predicted octanol–water partition coefficient (Wildman–Crippen LogP) is 5.12. The molecule has 1 fully saturated rings. The Hall–Kier alpha value is -1.79. The molecule has 1 aliphatic rings. The largest absolute Gasteiger partial charge is 0.444 e. The molecule has 0 saturated carbocycles. The molecule has 0 bridgehead atoms. The van der Waals surface area contributed by atoms with Crippen LogP contribution < -0.4 is 0 Å². The third kappa shape index (κ3) is 4.07. The van der Waals surface area contributed by atoms with Crippen LogP contribution in [0, 0.1) is 0 Å². The summed E-state index contributed by atoms with van der Waals surface area (Å²) in [6, 6.07) is 4.78. The summed E-state index contributed by atoms with van der Waals surface area (Å²) in [7, 11) is 0. The van der Waals surface area contributed by atoms with Gasteiger partial charge in [0.05, 0.1) is 5.02 Å². The van der Waals surface area contributed by atoms with E-state index in [0.29, 0.717) is 33.9 Å². The van der Waals surface area contributed by atoms with Crippen molar-refractivity contribution in [2.24, 2.45) is 0 Å². The average Bonchev–Trinajstić information content (AvgIpc) is 3.14. The van der Waals surface area contributed by atoms with Gasteiger partial charge in [0, 0.05) is 17.1 Å². The highest BCUT2D eigenvalue weighted by Crippen LogP contribution is 2.34. The molecule has 0 unspecified atom stereocenters. The van der Waals surface area contributed by atoms with E-state index in [1.165, 1.54) is 0 Å². The van der Waals surface area contributed by atoms with Gasteiger partial charge in [-0.15, -0.1) is 0 Å². The van der Waals surface area contributed by atoms with E-state index in [-0.39, 0.29) is 12.1 Å². The first-order valence-corrected chi connectivity index (χ1v) is 8.79. The summed E-state index contributed by atoms with van der Waals surface area (Å²) in [6.07, 6.45) is 1.22. The lowest BCUT2D eigenvalue weighted by molar-refractivity contribution is 0.0199. The molecule has 6 nitrogen and oxygen atoms in total. The van der Waals surface area contributed by atoms with E-state index in [9.17, 15) is 4.79 Å². The minimum absolute atomic E-state index is 0.290. The lowest BCUT2D eigenvalue weighted by atomic mass is 10.2. The molecule has 0 N–H and O–H groups in total. The summed E-state index contributed by atoms with van der Waals surface area (Å²) < 4.78 is 10.9. The molecule has 8 heteroatoms. The fourth-order valence-corrected chi connectivity index (χ4v) is 3.21. The lowest BCUT2D eigenvalue weighted by Gasteiger charge is -2.26. The van der Waals surface area contributed by atoms with Crippen LogP contribution in [-0.2, 0) is 4.74 Å². The molecule has 134 valence electrons. The molecule has 3 rings (SSSR count). The van der Waals surface area contributed by atoms with Gasteiger partial charge < -0.3 is 9.26 Å². The van der Waals surface area contributed by atoms with Gasteiger partial charge in [-0.3, -0.25) is 4.90 Å². The van der Waals surface area contributed by atoms with Crippen LogP contribution in [0.25, 0.3) is 11.4 Å². The molecule has 1 aliphatic heterocycles. The Morgan fingerprint density at radius 2 is 2.12 bits per heavy atom. The van der Waals surface area contributed by atoms with Crippen molar-refractivity contribution in [3.8, 4) is 11.4 Å². The minimum Gasteiger partial charge on any atom is -0.444 e. The number of rotatable bonds is 2. The quantitative estimate of drug-likeness (QED) is 0.719. The van der Waals surface area contributed by atoms with Crippen LogP contribution in [0.15, 0.2) is 22.7 Å². The van der Waals surface area contributed by atoms with Crippen molar-refractivity contribution in [3.63, 3.8) is 0 Å². The van der Waals surface area contributed by atoms with E-state index >= 15 is 0 Å². The number of hydrogen-bond acceptors (Lipinski definition) is 5. The van der Waals surface area contributed by atoms with Crippen molar-refractivity contribution in [1.82, 2.24) is 15.0 Å². The second kappa shape index (κ2) is 6.84. The van der Waals surface area contributed by atoms with Crippen molar-refractivity contribution in [3.05, 3.63) is 34.1 Å². The van der Waals surface area contributed by atoms with Gasteiger partial charge in [0.2, 0.25) is 11.7 Å². The maximum absolute atomic E-state index is 12.4. The number of nitrogens with zero attached hydrogens (tertiary/aromatic N) is 3. The number of halogens is 2. The van der Waals surface area contributed by atoms with Crippen LogP contribution in [0.4, 0.5) is 4.79 Å². The molecule has 25 heavy (non-hydrogen) atoms. The van der Waals surface area contributed by atoms with E-state index in [1.54, 1.807) is 23.1 Å². The summed E-state index contributed by atoms with van der Waals surface area (Å²) in [5, 5.41) is 4.97. The fourth-order valence-electron chi connectivity index (χ4n) is 2.71. The van der Waals surface area contributed by atoms with E-state index in [0.717, 1.165) is 12.8 Å². The second-order valence-electron chi connectivity index (χ2n) is 6.91. The topological polar surface area (TPSA) is 68.5 Å². The highest BCUT2D eigenvalue weighted by atomic mass is 35.5. The third-order valence-electron chi connectivity index (χ3n) is 3.78. The Balaban J connectivity index is 1.82. The van der Waals surface area contributed by atoms with Gasteiger partial charge >= 0.3 is 6.09 Å². The highest BCUT2D eigenvalue weighted by molar-refractivity contribution is 6.36. The Morgan fingerprint density at radius 1 is 1.36 bits per heavy atom. The maximum atomic E-state index is 12.4. The SMILES string of the molecule is CC(C)(C)OC(=O)N1CCC[C@H]1c1nc(-c2ccc(Cl)cc2Cl)no1. The molecule has 0 aliphatic carbocycles. The Kier molecular flexibility index (Phi) is 4.93. The molecule has 1 aromatic carbocycles. The molecule has 1 atom stereocenters. The number of carbonyl (C=O) groups is 1. The number of benzene rings is 1. The van der Waals surface area contributed by atoms with Crippen LogP contribution in [0.3, 0.4) is 0 Å². The first kappa shape index (κ1) is 18.0. The van der Waals surface area contributed by atoms with Crippen molar-refractivity contribution < 1.29 is 14.1 Å². The standard InChI is InChI=1S/C17H19Cl2N3O3/c1-17(2,3)24-16(23)22-8-4-5-13(22)15-20-14(21-25-15)11-7-6-10(18)9-12(11)19/h6-7,9,13H,4-5,8H2,1-3H3/t13-/m0/s1. The predicted molar refractivity (Wildman–Crippen MR) is 94.7 cm³/mol. The van der Waals surface area contributed by atoms with Gasteiger partial charge in [-0.25, -0.2) is 4.79 Å². The number of aromatic nitrogens is 2. The van der Waals surface area contributed by atoms with Gasteiger partial charge in [0.15, 0.2) is 0 Å². The van der Waals surface area contributed by atoms with Gasteiger partial charge in [-0.1, -0.05) is 28.4 Å². The van der Waals surface area contributed by atoms with E-state index in [4.69, 9.17) is 32.5 Å². The Morgan fingerprint density at radius 3 is 2.80 bits per heavy atom. The first-order valence-electron chi connectivity index (χ1n) is 8.03. The van der Waals surface area contributed by atoms with E-state index in [2.05, 4.69) is 10.1 Å². The van der Waals surface area contributed by atoms with Crippen LogP contribution in [0.5, 0.6) is 0 Å². The van der Waals surface area contributed by atoms with Crippen molar-refractivity contribution in [2.45, 2.75) is 45.3 Å². The number of hydrogen-bond donors (Lipinski definition) is 0. The average molecular weight is 384 g/mol. The summed E-state index contributed by atoms with van der Waals surface area (Å²) in [4.78, 5) is 18.4. The van der Waals surface area contributed by atoms with Gasteiger partial charge in [0.1, 0.15) is 11.6 Å². The van der Waals surface area contributed by atoms with Crippen molar-refractivity contribution in [1.29, 1.82) is 0 Å². The molecular formula is C17H19Cl2N3O3. The van der Waals surface area contributed by atoms with Crippen LogP contribution in [0.2, 0.25) is 10.0 Å². The maximum Gasteiger partial charge on any atom is 0.410 e. The Labute approximate surface area is 156 Å².